The van der Waals surface area contributed by atoms with Crippen LogP contribution in [0.1, 0.15) is 51.4 Å². The molecule has 0 atom stereocenters. The minimum Gasteiger partial charge on any atom is -1.00 e. The first kappa shape index (κ1) is 36.4. The zero-order valence-corrected chi connectivity index (χ0v) is 28.1. The smallest absolute Gasteiger partial charge is 0.414 e. The number of amides is 2. The zero-order valence-electron chi connectivity index (χ0n) is 26.5. The first-order valence-corrected chi connectivity index (χ1v) is 14.5. The molecule has 0 aliphatic heterocycles. The van der Waals surface area contributed by atoms with Crippen molar-refractivity contribution in [1.82, 2.24) is 18.8 Å². The molecular weight excluding hydrogens is 584 g/mol. The highest BCUT2D eigenvalue weighted by Crippen LogP contribution is 2.24. The lowest BCUT2D eigenvalue weighted by atomic mass is 10.1. The van der Waals surface area contributed by atoms with Crippen LogP contribution in [0.5, 0.6) is 11.5 Å². The van der Waals surface area contributed by atoms with Gasteiger partial charge in [-0.1, -0.05) is 50.7 Å². The third-order valence-corrected chi connectivity index (χ3v) is 6.96. The fourth-order valence-electron chi connectivity index (χ4n) is 4.23. The van der Waals surface area contributed by atoms with E-state index in [0.29, 0.717) is 33.6 Å². The van der Waals surface area contributed by atoms with Crippen molar-refractivity contribution in [3.63, 3.8) is 0 Å². The molecule has 0 saturated heterocycles. The Morgan fingerprint density at radius 1 is 0.585 bits per heavy atom. The molecule has 0 bridgehead atoms. The van der Waals surface area contributed by atoms with Crippen molar-refractivity contribution in [2.24, 2.45) is 0 Å². The van der Waals surface area contributed by atoms with Gasteiger partial charge in [0, 0.05) is 39.3 Å². The average Bonchev–Trinajstić information content (AvgIpc) is 2.88. The van der Waals surface area contributed by atoms with Crippen LogP contribution in [-0.2, 0) is 0 Å². The second-order valence-electron chi connectivity index (χ2n) is 12.4. The predicted molar refractivity (Wildman–Crippen MR) is 166 cm³/mol. The molecule has 0 aliphatic carbocycles. The summed E-state index contributed by atoms with van der Waals surface area (Å²) in [5.41, 5.74) is 2.17. The van der Waals surface area contributed by atoms with Crippen molar-refractivity contribution in [2.45, 2.75) is 51.4 Å². The van der Waals surface area contributed by atoms with E-state index >= 15 is 0 Å². The van der Waals surface area contributed by atoms with E-state index in [1.165, 1.54) is 12.8 Å². The maximum absolute atomic E-state index is 12.4. The summed E-state index contributed by atoms with van der Waals surface area (Å²) in [4.78, 5) is 28.2. The van der Waals surface area contributed by atoms with Crippen molar-refractivity contribution in [3.05, 3.63) is 48.5 Å². The summed E-state index contributed by atoms with van der Waals surface area (Å²) < 4.78 is 12.5. The van der Waals surface area contributed by atoms with Gasteiger partial charge in [-0.3, -0.25) is 8.97 Å². The van der Waals surface area contributed by atoms with Gasteiger partial charge in [-0.15, -0.1) is 0 Å². The van der Waals surface area contributed by atoms with Crippen LogP contribution in [0.25, 0.3) is 0 Å². The predicted octanol–water partition coefficient (Wildman–Crippen LogP) is 3.77. The number of benzene rings is 2. The fourth-order valence-corrected chi connectivity index (χ4v) is 4.23. The molecule has 0 saturated carbocycles. The van der Waals surface area contributed by atoms with Crippen LogP contribution in [0, 0.1) is 0 Å². The van der Waals surface area contributed by atoms with Gasteiger partial charge in [0.25, 0.3) is 0 Å². The standard InChI is InChI=1S/C32H52N4O4.BrH/c1-33(31(37)39-29-21-17-19-27(25-29)35(3,4)5)23-15-13-11-9-10-12-14-16-24-34(2)32(38)40-30-22-18-20-28(26-30)36(6,7)8;/h17-22,25-26H,9-16,23-24H2,1-8H3;1H/q+2;/p-1. The number of ether oxygens (including phenoxy) is 2. The van der Waals surface area contributed by atoms with Gasteiger partial charge in [0.2, 0.25) is 0 Å². The highest BCUT2D eigenvalue weighted by molar-refractivity contribution is 5.71. The van der Waals surface area contributed by atoms with Gasteiger partial charge >= 0.3 is 12.2 Å². The lowest BCUT2D eigenvalue weighted by Gasteiger charge is -2.24. The number of carbonyl (C=O) groups is 2. The summed E-state index contributed by atoms with van der Waals surface area (Å²) in [7, 11) is 16.1. The van der Waals surface area contributed by atoms with E-state index in [0.717, 1.165) is 49.9 Å². The van der Waals surface area contributed by atoms with Gasteiger partial charge in [0.05, 0.1) is 42.3 Å². The highest BCUT2D eigenvalue weighted by atomic mass is 79.9. The maximum Gasteiger partial charge on any atom is 0.414 e. The summed E-state index contributed by atoms with van der Waals surface area (Å²) in [5.74, 6) is 1.16. The lowest BCUT2D eigenvalue weighted by molar-refractivity contribution is -0.0000195. The number of unbranched alkanes of at least 4 members (excludes halogenated alkanes) is 7. The van der Waals surface area contributed by atoms with Crippen LogP contribution >= 0.6 is 0 Å². The SMILES string of the molecule is CN(CCCCCCCCCCN(C)C(=O)Oc1cccc([N+](C)(C)C)c1)C(=O)Oc1cccc([N+](C)(C)C)c1.[Br-]. The van der Waals surface area contributed by atoms with Crippen LogP contribution in [-0.4, -0.2) is 91.5 Å². The molecule has 0 N–H and O–H groups in total. The van der Waals surface area contributed by atoms with Gasteiger partial charge in [0.1, 0.15) is 22.9 Å². The molecule has 2 aromatic carbocycles. The number of nitrogens with zero attached hydrogens (tertiary/aromatic N) is 4. The first-order chi connectivity index (χ1) is 18.8. The molecule has 0 heterocycles. The van der Waals surface area contributed by atoms with E-state index < -0.39 is 0 Å². The molecule has 0 spiro atoms. The Balaban J connectivity index is 0.00000840. The van der Waals surface area contributed by atoms with E-state index in [1.807, 2.05) is 48.5 Å². The Hall–Kier alpha value is -2.62. The molecule has 9 heteroatoms. The Bertz CT molecular complexity index is 996. The second kappa shape index (κ2) is 17.4. The third kappa shape index (κ3) is 13.7. The van der Waals surface area contributed by atoms with E-state index in [4.69, 9.17) is 9.47 Å². The summed E-state index contributed by atoms with van der Waals surface area (Å²) in [6, 6.07) is 15.4. The van der Waals surface area contributed by atoms with E-state index in [2.05, 4.69) is 42.3 Å². The molecule has 2 amide bonds. The topological polar surface area (TPSA) is 59.1 Å². The summed E-state index contributed by atoms with van der Waals surface area (Å²) in [5, 5.41) is 0. The van der Waals surface area contributed by atoms with Crippen molar-refractivity contribution in [2.75, 3.05) is 69.5 Å². The van der Waals surface area contributed by atoms with Crippen LogP contribution in [0.2, 0.25) is 0 Å². The molecule has 0 aliphatic rings. The number of hydrogen-bond acceptors (Lipinski definition) is 4. The molecule has 2 aromatic rings. The van der Waals surface area contributed by atoms with Gasteiger partial charge in [0.15, 0.2) is 0 Å². The largest absolute Gasteiger partial charge is 1.00 e. The normalized spacial score (nSPS) is 11.4. The fraction of sp³-hybridized carbons (Fsp3) is 0.562. The minimum absolute atomic E-state index is 0. The highest BCUT2D eigenvalue weighted by Gasteiger charge is 2.17. The molecule has 41 heavy (non-hydrogen) atoms. The number of carbonyl (C=O) groups excluding carboxylic acids is 2. The molecule has 0 unspecified atom stereocenters. The molecule has 8 nitrogen and oxygen atoms in total. The summed E-state index contributed by atoms with van der Waals surface area (Å²) >= 11 is 0. The lowest BCUT2D eigenvalue weighted by Crippen LogP contribution is -3.00. The molecule has 0 aromatic heterocycles. The van der Waals surface area contributed by atoms with Crippen LogP contribution in [0.3, 0.4) is 0 Å². The van der Waals surface area contributed by atoms with E-state index in [9.17, 15) is 9.59 Å². The number of quaternary nitrogens is 2. The molecule has 0 fully saturated rings. The van der Waals surface area contributed by atoms with E-state index in [1.54, 1.807) is 23.9 Å². The Labute approximate surface area is 258 Å². The maximum atomic E-state index is 12.4. The van der Waals surface area contributed by atoms with Crippen LogP contribution in [0.4, 0.5) is 21.0 Å². The van der Waals surface area contributed by atoms with Crippen molar-refractivity contribution < 1.29 is 36.0 Å². The monoisotopic (exact) mass is 635 g/mol. The van der Waals surface area contributed by atoms with Crippen LogP contribution in [0.15, 0.2) is 48.5 Å². The molecule has 0 radical (unpaired) electrons. The van der Waals surface area contributed by atoms with Gasteiger partial charge in [-0.25, -0.2) is 9.59 Å². The van der Waals surface area contributed by atoms with Crippen LogP contribution < -0.4 is 35.4 Å². The summed E-state index contributed by atoms with van der Waals surface area (Å²) in [6.07, 6.45) is 8.19. The molecular formula is C32H52BrN4O4+. The van der Waals surface area contributed by atoms with Crippen molar-refractivity contribution in [1.29, 1.82) is 0 Å². The molecule has 2 rings (SSSR count). The van der Waals surface area contributed by atoms with E-state index in [-0.39, 0.29) is 29.2 Å². The Morgan fingerprint density at radius 3 is 1.22 bits per heavy atom. The Morgan fingerprint density at radius 2 is 0.902 bits per heavy atom. The molecule has 230 valence electrons. The summed E-state index contributed by atoms with van der Waals surface area (Å²) in [6.45, 7) is 1.38. The van der Waals surface area contributed by atoms with Crippen molar-refractivity contribution >= 4 is 23.6 Å². The zero-order chi connectivity index (χ0) is 29.8. The second-order valence-corrected chi connectivity index (χ2v) is 12.4. The number of hydrogen-bond donors (Lipinski definition) is 0. The third-order valence-electron chi connectivity index (χ3n) is 6.96. The average molecular weight is 637 g/mol. The quantitative estimate of drug-likeness (QED) is 0.221. The number of halogens is 1. The Kier molecular flexibility index (Phi) is 15.4. The van der Waals surface area contributed by atoms with Crippen molar-refractivity contribution in [3.8, 4) is 11.5 Å². The number of rotatable bonds is 15. The van der Waals surface area contributed by atoms with Gasteiger partial charge < -0.3 is 36.3 Å². The van der Waals surface area contributed by atoms with Gasteiger partial charge in [-0.05, 0) is 37.1 Å². The minimum atomic E-state index is -0.315. The first-order valence-electron chi connectivity index (χ1n) is 14.5. The van der Waals surface area contributed by atoms with Gasteiger partial charge in [-0.2, -0.15) is 0 Å².